The van der Waals surface area contributed by atoms with E-state index >= 15 is 0 Å². The molecule has 0 aromatic carbocycles. The van der Waals surface area contributed by atoms with Crippen LogP contribution in [0.1, 0.15) is 18.3 Å². The molecule has 3 aromatic rings. The van der Waals surface area contributed by atoms with Crippen LogP contribution in [0.2, 0.25) is 0 Å². The van der Waals surface area contributed by atoms with Gasteiger partial charge in [0.2, 0.25) is 0 Å². The first kappa shape index (κ1) is 12.9. The Bertz CT molecular complexity index is 710. The van der Waals surface area contributed by atoms with Crippen LogP contribution in [-0.4, -0.2) is 26.1 Å². The van der Waals surface area contributed by atoms with Gasteiger partial charge in [-0.25, -0.2) is 9.97 Å². The van der Waals surface area contributed by atoms with E-state index < -0.39 is 0 Å². The van der Waals surface area contributed by atoms with Crippen molar-refractivity contribution in [2.75, 3.05) is 7.05 Å². The van der Waals surface area contributed by atoms with Crippen molar-refractivity contribution >= 4 is 11.0 Å². The molecular weight excluding hydrogens is 250 g/mol. The summed E-state index contributed by atoms with van der Waals surface area (Å²) in [7, 11) is 1.96. The third-order valence-electron chi connectivity index (χ3n) is 3.54. The van der Waals surface area contributed by atoms with Gasteiger partial charge in [0.15, 0.2) is 0 Å². The van der Waals surface area contributed by atoms with Crippen LogP contribution < -0.4 is 5.32 Å². The van der Waals surface area contributed by atoms with Gasteiger partial charge in [0.1, 0.15) is 11.5 Å². The molecule has 0 atom stereocenters. The normalized spacial score (nSPS) is 11.3. The fourth-order valence-electron chi connectivity index (χ4n) is 2.58. The van der Waals surface area contributed by atoms with Crippen LogP contribution in [-0.2, 0) is 19.6 Å². The number of pyridine rings is 1. The van der Waals surface area contributed by atoms with E-state index in [0.29, 0.717) is 0 Å². The number of hydrogen-bond acceptors (Lipinski definition) is 3. The molecule has 0 amide bonds. The first-order chi connectivity index (χ1) is 9.83. The third-order valence-corrected chi connectivity index (χ3v) is 3.54. The van der Waals surface area contributed by atoms with Gasteiger partial charge < -0.3 is 14.5 Å². The van der Waals surface area contributed by atoms with Crippen molar-refractivity contribution in [2.24, 2.45) is 0 Å². The standard InChI is InChI=1S/C15H19N5/c1-3-19-8-7-17-14(19)11-20-10-12(9-16-2)13-5-4-6-18-15(13)20/h4-8,10,16H,3,9,11H2,1-2H3. The van der Waals surface area contributed by atoms with Crippen molar-refractivity contribution in [3.63, 3.8) is 0 Å². The Morgan fingerprint density at radius 2 is 2.10 bits per heavy atom. The van der Waals surface area contributed by atoms with Gasteiger partial charge in [-0.15, -0.1) is 0 Å². The van der Waals surface area contributed by atoms with E-state index in [1.165, 1.54) is 10.9 Å². The lowest BCUT2D eigenvalue weighted by atomic mass is 10.2. The van der Waals surface area contributed by atoms with E-state index in [-0.39, 0.29) is 0 Å². The molecule has 1 N–H and O–H groups in total. The molecule has 0 bridgehead atoms. The quantitative estimate of drug-likeness (QED) is 0.771. The van der Waals surface area contributed by atoms with Gasteiger partial charge in [0.25, 0.3) is 0 Å². The molecule has 104 valence electrons. The molecule has 5 nitrogen and oxygen atoms in total. The van der Waals surface area contributed by atoms with Crippen molar-refractivity contribution in [1.82, 2.24) is 24.4 Å². The predicted molar refractivity (Wildman–Crippen MR) is 79.5 cm³/mol. The maximum atomic E-state index is 4.52. The van der Waals surface area contributed by atoms with Crippen LogP contribution in [0.15, 0.2) is 36.9 Å². The zero-order valence-corrected chi connectivity index (χ0v) is 11.9. The lowest BCUT2D eigenvalue weighted by molar-refractivity contribution is 0.657. The minimum Gasteiger partial charge on any atom is -0.334 e. The summed E-state index contributed by atoms with van der Waals surface area (Å²) >= 11 is 0. The largest absolute Gasteiger partial charge is 0.334 e. The Labute approximate surface area is 118 Å². The monoisotopic (exact) mass is 269 g/mol. The number of hydrogen-bond donors (Lipinski definition) is 1. The Balaban J connectivity index is 2.03. The number of imidazole rings is 1. The molecule has 0 unspecified atom stereocenters. The molecular formula is C15H19N5. The van der Waals surface area contributed by atoms with Crippen molar-refractivity contribution < 1.29 is 0 Å². The van der Waals surface area contributed by atoms with Crippen molar-refractivity contribution in [3.05, 3.63) is 48.3 Å². The van der Waals surface area contributed by atoms with E-state index in [2.05, 4.69) is 43.6 Å². The van der Waals surface area contributed by atoms with Gasteiger partial charge >= 0.3 is 0 Å². The molecule has 5 heteroatoms. The molecule has 0 spiro atoms. The zero-order chi connectivity index (χ0) is 13.9. The number of fused-ring (bicyclic) bond motifs is 1. The van der Waals surface area contributed by atoms with Crippen LogP contribution in [0, 0.1) is 0 Å². The molecule has 0 aliphatic rings. The van der Waals surface area contributed by atoms with E-state index in [4.69, 9.17) is 0 Å². The van der Waals surface area contributed by atoms with E-state index in [1.807, 2.05) is 31.7 Å². The number of rotatable bonds is 5. The highest BCUT2D eigenvalue weighted by Crippen LogP contribution is 2.20. The summed E-state index contributed by atoms with van der Waals surface area (Å²) < 4.78 is 4.34. The fourth-order valence-corrected chi connectivity index (χ4v) is 2.58. The van der Waals surface area contributed by atoms with Crippen molar-refractivity contribution in [3.8, 4) is 0 Å². The SMILES string of the molecule is CCn1ccnc1Cn1cc(CNC)c2cccnc21. The van der Waals surface area contributed by atoms with E-state index in [0.717, 1.165) is 31.1 Å². The van der Waals surface area contributed by atoms with Crippen LogP contribution in [0.25, 0.3) is 11.0 Å². The maximum absolute atomic E-state index is 4.52. The van der Waals surface area contributed by atoms with Crippen LogP contribution in [0.3, 0.4) is 0 Å². The van der Waals surface area contributed by atoms with Gasteiger partial charge in [-0.05, 0) is 31.7 Å². The highest BCUT2D eigenvalue weighted by molar-refractivity contribution is 5.80. The highest BCUT2D eigenvalue weighted by Gasteiger charge is 2.10. The molecule has 0 fully saturated rings. The molecule has 3 aromatic heterocycles. The number of nitrogens with one attached hydrogen (secondary N) is 1. The topological polar surface area (TPSA) is 47.7 Å². The Kier molecular flexibility index (Phi) is 3.52. The van der Waals surface area contributed by atoms with Crippen molar-refractivity contribution in [2.45, 2.75) is 26.6 Å². The molecule has 0 radical (unpaired) electrons. The van der Waals surface area contributed by atoms with Gasteiger partial charge in [-0.2, -0.15) is 0 Å². The van der Waals surface area contributed by atoms with Gasteiger partial charge in [0.05, 0.1) is 6.54 Å². The minimum atomic E-state index is 0.748. The van der Waals surface area contributed by atoms with Gasteiger partial charge in [0, 0.05) is 43.3 Å². The molecule has 0 aliphatic heterocycles. The Morgan fingerprint density at radius 3 is 2.90 bits per heavy atom. The van der Waals surface area contributed by atoms with Crippen LogP contribution in [0.5, 0.6) is 0 Å². The second-order valence-corrected chi connectivity index (χ2v) is 4.82. The number of nitrogens with zero attached hydrogens (tertiary/aromatic N) is 4. The second-order valence-electron chi connectivity index (χ2n) is 4.82. The number of aromatic nitrogens is 4. The summed E-state index contributed by atoms with van der Waals surface area (Å²) in [6.45, 7) is 4.66. The first-order valence-corrected chi connectivity index (χ1v) is 6.90. The van der Waals surface area contributed by atoms with Crippen LogP contribution >= 0.6 is 0 Å². The average molecular weight is 269 g/mol. The summed E-state index contributed by atoms with van der Waals surface area (Å²) in [5.74, 6) is 1.06. The second kappa shape index (κ2) is 5.46. The summed E-state index contributed by atoms with van der Waals surface area (Å²) in [5.41, 5.74) is 2.29. The lowest BCUT2D eigenvalue weighted by Crippen LogP contribution is -2.07. The van der Waals surface area contributed by atoms with Gasteiger partial charge in [-0.3, -0.25) is 0 Å². The van der Waals surface area contributed by atoms with E-state index in [1.54, 1.807) is 0 Å². The third kappa shape index (κ3) is 2.20. The lowest BCUT2D eigenvalue weighted by Gasteiger charge is -2.06. The zero-order valence-electron chi connectivity index (χ0n) is 11.9. The number of aryl methyl sites for hydroxylation is 1. The van der Waals surface area contributed by atoms with Crippen molar-refractivity contribution in [1.29, 1.82) is 0 Å². The smallest absolute Gasteiger partial charge is 0.140 e. The molecule has 0 aliphatic carbocycles. The fraction of sp³-hybridized carbons (Fsp3) is 0.333. The summed E-state index contributed by atoms with van der Waals surface area (Å²) in [6.07, 6.45) is 7.88. The first-order valence-electron chi connectivity index (χ1n) is 6.90. The molecule has 3 rings (SSSR count). The molecule has 0 saturated heterocycles. The Morgan fingerprint density at radius 1 is 1.20 bits per heavy atom. The molecule has 0 saturated carbocycles. The summed E-state index contributed by atoms with van der Waals surface area (Å²) in [5, 5.41) is 4.41. The predicted octanol–water partition coefficient (Wildman–Crippen LogP) is 2.02. The van der Waals surface area contributed by atoms with E-state index in [9.17, 15) is 0 Å². The van der Waals surface area contributed by atoms with Gasteiger partial charge in [-0.1, -0.05) is 0 Å². The summed E-state index contributed by atoms with van der Waals surface area (Å²) in [4.78, 5) is 8.96. The average Bonchev–Trinajstić information content (AvgIpc) is 3.06. The Hall–Kier alpha value is -2.14. The minimum absolute atomic E-state index is 0.748. The van der Waals surface area contributed by atoms with Crippen LogP contribution in [0.4, 0.5) is 0 Å². The molecule has 3 heterocycles. The molecule has 20 heavy (non-hydrogen) atoms. The maximum Gasteiger partial charge on any atom is 0.140 e. The summed E-state index contributed by atoms with van der Waals surface area (Å²) in [6, 6.07) is 4.11. The highest BCUT2D eigenvalue weighted by atomic mass is 15.1.